The van der Waals surface area contributed by atoms with Gasteiger partial charge in [0, 0.05) is 12.5 Å². The zero-order valence-electron chi connectivity index (χ0n) is 12.0. The normalized spacial score (nSPS) is 10.4. The van der Waals surface area contributed by atoms with E-state index in [1.165, 1.54) is 10.8 Å². The van der Waals surface area contributed by atoms with Gasteiger partial charge in [0.2, 0.25) is 5.91 Å². The Morgan fingerprint density at radius 2 is 2.20 bits per heavy atom. The molecule has 1 amide bonds. The first-order valence-corrected chi connectivity index (χ1v) is 6.43. The molecule has 110 valence electrons. The van der Waals surface area contributed by atoms with Crippen LogP contribution in [0.25, 0.3) is 0 Å². The van der Waals surface area contributed by atoms with Gasteiger partial charge in [-0.15, -0.1) is 5.10 Å². The maximum atomic E-state index is 11.7. The molecule has 0 atom stereocenters. The maximum absolute atomic E-state index is 11.7. The number of aromatic nitrogens is 3. The van der Waals surface area contributed by atoms with Gasteiger partial charge in [-0.05, 0) is 20.8 Å². The van der Waals surface area contributed by atoms with E-state index >= 15 is 0 Å². The first-order valence-electron chi connectivity index (χ1n) is 6.43. The van der Waals surface area contributed by atoms with E-state index in [1.54, 1.807) is 6.92 Å². The van der Waals surface area contributed by atoms with E-state index < -0.39 is 5.97 Å². The molecule has 20 heavy (non-hydrogen) atoms. The third-order valence-electron chi connectivity index (χ3n) is 2.51. The molecule has 0 unspecified atom stereocenters. The Morgan fingerprint density at radius 1 is 1.50 bits per heavy atom. The van der Waals surface area contributed by atoms with E-state index in [2.05, 4.69) is 22.2 Å². The number of carbonyl (C=O) groups excluding carboxylic acids is 2. The Morgan fingerprint density at radius 3 is 2.80 bits per heavy atom. The highest BCUT2D eigenvalue weighted by molar-refractivity contribution is 5.88. The van der Waals surface area contributed by atoms with Gasteiger partial charge in [0.15, 0.2) is 5.69 Å². The van der Waals surface area contributed by atoms with E-state index in [9.17, 15) is 9.59 Å². The van der Waals surface area contributed by atoms with Gasteiger partial charge in [0.25, 0.3) is 0 Å². The number of ether oxygens (including phenoxy) is 1. The molecule has 1 heterocycles. The molecule has 0 radical (unpaired) electrons. The minimum atomic E-state index is -0.541. The van der Waals surface area contributed by atoms with Gasteiger partial charge in [-0.25, -0.2) is 9.48 Å². The smallest absolute Gasteiger partial charge is 0.361 e. The Labute approximate surface area is 118 Å². The molecule has 0 spiro atoms. The Hall–Kier alpha value is -2.18. The van der Waals surface area contributed by atoms with Crippen LogP contribution < -0.4 is 5.32 Å². The van der Waals surface area contributed by atoms with Crippen molar-refractivity contribution in [2.24, 2.45) is 0 Å². The molecular weight excluding hydrogens is 260 g/mol. The minimum absolute atomic E-state index is 0.0642. The first kappa shape index (κ1) is 15.9. The van der Waals surface area contributed by atoms with E-state index in [4.69, 9.17) is 4.74 Å². The minimum Gasteiger partial charge on any atom is -0.457 e. The second-order valence-electron chi connectivity index (χ2n) is 4.61. The van der Waals surface area contributed by atoms with Crippen molar-refractivity contribution in [2.45, 2.75) is 39.8 Å². The topological polar surface area (TPSA) is 86.1 Å². The number of hydrogen-bond acceptors (Lipinski definition) is 5. The van der Waals surface area contributed by atoms with E-state index in [0.717, 1.165) is 0 Å². The zero-order valence-corrected chi connectivity index (χ0v) is 12.0. The third kappa shape index (κ3) is 4.49. The molecular formula is C13H20N4O3. The lowest BCUT2D eigenvalue weighted by Gasteiger charge is -2.08. The van der Waals surface area contributed by atoms with Gasteiger partial charge in [0.05, 0.1) is 12.2 Å². The third-order valence-corrected chi connectivity index (χ3v) is 2.51. The molecule has 1 rings (SSSR count). The number of hydrogen-bond donors (Lipinski definition) is 1. The van der Waals surface area contributed by atoms with Crippen molar-refractivity contribution in [2.75, 3.05) is 6.61 Å². The number of aryl methyl sites for hydroxylation is 1. The SMILES string of the molecule is C=CCOC(=O)c1nnn(CCC(=O)NC(C)C)c1C. The fraction of sp³-hybridized carbons (Fsp3) is 0.538. The lowest BCUT2D eigenvalue weighted by molar-refractivity contribution is -0.121. The second kappa shape index (κ2) is 7.42. The number of nitrogens with one attached hydrogen (secondary N) is 1. The van der Waals surface area contributed by atoms with Crippen LogP contribution in [0.3, 0.4) is 0 Å². The Kier molecular flexibility index (Phi) is 5.89. The van der Waals surface area contributed by atoms with Crippen LogP contribution in [0.5, 0.6) is 0 Å². The van der Waals surface area contributed by atoms with E-state index in [1.807, 2.05) is 13.8 Å². The summed E-state index contributed by atoms with van der Waals surface area (Å²) in [4.78, 5) is 23.2. The van der Waals surface area contributed by atoms with Crippen molar-refractivity contribution in [3.8, 4) is 0 Å². The summed E-state index contributed by atoms with van der Waals surface area (Å²) in [7, 11) is 0. The summed E-state index contributed by atoms with van der Waals surface area (Å²) in [6.07, 6.45) is 1.76. The first-order chi connectivity index (χ1) is 9.45. The van der Waals surface area contributed by atoms with Crippen LogP contribution in [0.2, 0.25) is 0 Å². The standard InChI is InChI=1S/C13H20N4O3/c1-5-8-20-13(19)12-10(4)17(16-15-12)7-6-11(18)14-9(2)3/h5,9H,1,6-8H2,2-4H3,(H,14,18). The number of esters is 1. The zero-order chi connectivity index (χ0) is 15.1. The summed E-state index contributed by atoms with van der Waals surface area (Å²) in [5, 5.41) is 10.4. The average molecular weight is 280 g/mol. The monoisotopic (exact) mass is 280 g/mol. The predicted octanol–water partition coefficient (Wildman–Crippen LogP) is 0.844. The quantitative estimate of drug-likeness (QED) is 0.591. The molecule has 0 fully saturated rings. The molecule has 0 bridgehead atoms. The summed E-state index contributed by atoms with van der Waals surface area (Å²) < 4.78 is 6.42. The summed E-state index contributed by atoms with van der Waals surface area (Å²) in [6, 6.07) is 0.101. The van der Waals surface area contributed by atoms with Crippen molar-refractivity contribution in [1.29, 1.82) is 0 Å². The molecule has 0 saturated heterocycles. The number of rotatable bonds is 7. The van der Waals surface area contributed by atoms with Gasteiger partial charge in [-0.3, -0.25) is 4.79 Å². The molecule has 1 aromatic rings. The lowest BCUT2D eigenvalue weighted by Crippen LogP contribution is -2.30. The fourth-order valence-corrected chi connectivity index (χ4v) is 1.57. The second-order valence-corrected chi connectivity index (χ2v) is 4.61. The molecule has 7 nitrogen and oxygen atoms in total. The highest BCUT2D eigenvalue weighted by atomic mass is 16.5. The molecule has 7 heteroatoms. The van der Waals surface area contributed by atoms with Crippen LogP contribution in [0, 0.1) is 6.92 Å². The fourth-order valence-electron chi connectivity index (χ4n) is 1.57. The van der Waals surface area contributed by atoms with Crippen LogP contribution in [0.1, 0.15) is 36.5 Å². The van der Waals surface area contributed by atoms with Crippen molar-refractivity contribution in [3.63, 3.8) is 0 Å². The predicted molar refractivity (Wildman–Crippen MR) is 73.1 cm³/mol. The molecule has 0 aliphatic carbocycles. The Balaban J connectivity index is 2.60. The van der Waals surface area contributed by atoms with Crippen molar-refractivity contribution in [3.05, 3.63) is 24.0 Å². The highest BCUT2D eigenvalue weighted by Crippen LogP contribution is 2.06. The Bertz CT molecular complexity index is 494. The van der Waals surface area contributed by atoms with Gasteiger partial charge in [-0.1, -0.05) is 17.9 Å². The van der Waals surface area contributed by atoms with E-state index in [0.29, 0.717) is 12.2 Å². The molecule has 1 aromatic heterocycles. The number of amides is 1. The molecule has 0 saturated carbocycles. The van der Waals surface area contributed by atoms with Crippen LogP contribution >= 0.6 is 0 Å². The highest BCUT2D eigenvalue weighted by Gasteiger charge is 2.17. The van der Waals surface area contributed by atoms with Crippen molar-refractivity contribution >= 4 is 11.9 Å². The molecule has 1 N–H and O–H groups in total. The number of nitrogens with zero attached hydrogens (tertiary/aromatic N) is 3. The summed E-state index contributed by atoms with van der Waals surface area (Å²) in [6.45, 7) is 9.46. The largest absolute Gasteiger partial charge is 0.457 e. The number of carbonyl (C=O) groups is 2. The molecule has 0 aromatic carbocycles. The van der Waals surface area contributed by atoms with E-state index in [-0.39, 0.29) is 30.7 Å². The molecule has 0 aliphatic rings. The average Bonchev–Trinajstić information content (AvgIpc) is 2.74. The van der Waals surface area contributed by atoms with Crippen LogP contribution in [-0.2, 0) is 16.1 Å². The van der Waals surface area contributed by atoms with Crippen molar-refractivity contribution in [1.82, 2.24) is 20.3 Å². The summed E-state index contributed by atoms with van der Waals surface area (Å²) >= 11 is 0. The summed E-state index contributed by atoms with van der Waals surface area (Å²) in [5.74, 6) is -0.606. The van der Waals surface area contributed by atoms with Crippen LogP contribution in [-0.4, -0.2) is 39.5 Å². The molecule has 0 aliphatic heterocycles. The van der Waals surface area contributed by atoms with Gasteiger partial charge >= 0.3 is 5.97 Å². The van der Waals surface area contributed by atoms with Crippen LogP contribution in [0.4, 0.5) is 0 Å². The summed E-state index contributed by atoms with van der Waals surface area (Å²) in [5.41, 5.74) is 0.743. The van der Waals surface area contributed by atoms with Crippen LogP contribution in [0.15, 0.2) is 12.7 Å². The van der Waals surface area contributed by atoms with Gasteiger partial charge in [0.1, 0.15) is 6.61 Å². The van der Waals surface area contributed by atoms with Gasteiger partial charge < -0.3 is 10.1 Å². The lowest BCUT2D eigenvalue weighted by atomic mass is 10.3. The van der Waals surface area contributed by atoms with Gasteiger partial charge in [-0.2, -0.15) is 0 Å². The maximum Gasteiger partial charge on any atom is 0.361 e. The van der Waals surface area contributed by atoms with Crippen molar-refractivity contribution < 1.29 is 14.3 Å².